The maximum atomic E-state index is 13.2. The van der Waals surface area contributed by atoms with Crippen molar-refractivity contribution in [1.82, 2.24) is 20.0 Å². The lowest BCUT2D eigenvalue weighted by Crippen LogP contribution is -2.50. The molecule has 2 heterocycles. The number of allylic oxidation sites excluding steroid dienone is 4. The molecule has 236 valence electrons. The van der Waals surface area contributed by atoms with Crippen molar-refractivity contribution < 1.29 is 9.59 Å². The van der Waals surface area contributed by atoms with Gasteiger partial charge in [-0.15, -0.1) is 0 Å². The second-order valence-corrected chi connectivity index (χ2v) is 12.5. The first-order chi connectivity index (χ1) is 23.0. The fraction of sp³-hybridized carbons (Fsp3) is 0.250. The maximum absolute atomic E-state index is 13.2. The molecule has 0 atom stereocenters. The number of benzene rings is 4. The largest absolute Gasteiger partial charge is 0.339 e. The van der Waals surface area contributed by atoms with Crippen LogP contribution in [0.15, 0.2) is 108 Å². The molecule has 1 aliphatic heterocycles. The number of piperazine rings is 1. The zero-order chi connectivity index (χ0) is 32.3. The predicted molar refractivity (Wildman–Crippen MR) is 187 cm³/mol. The number of carbonyl (C=O) groups is 2. The number of aryl methyl sites for hydroxylation is 1. The van der Waals surface area contributed by atoms with Crippen LogP contribution in [0, 0.1) is 0 Å². The summed E-state index contributed by atoms with van der Waals surface area (Å²) >= 11 is 0. The number of hydrogen-bond donors (Lipinski definition) is 1. The van der Waals surface area contributed by atoms with Crippen LogP contribution in [0.4, 0.5) is 0 Å². The monoisotopic (exact) mass is 622 g/mol. The molecule has 7 nitrogen and oxygen atoms in total. The van der Waals surface area contributed by atoms with Crippen LogP contribution in [0.1, 0.15) is 58.8 Å². The number of aromatic nitrogens is 2. The Morgan fingerprint density at radius 1 is 0.830 bits per heavy atom. The first kappa shape index (κ1) is 30.4. The third-order valence-corrected chi connectivity index (χ3v) is 9.64. The predicted octanol–water partition coefficient (Wildman–Crippen LogP) is 6.71. The highest BCUT2D eigenvalue weighted by molar-refractivity contribution is 5.97. The Hall–Kier alpha value is -5.30. The molecule has 0 radical (unpaired) electrons. The van der Waals surface area contributed by atoms with E-state index in [9.17, 15) is 14.4 Å². The van der Waals surface area contributed by atoms with Crippen LogP contribution in [-0.4, -0.2) is 58.0 Å². The van der Waals surface area contributed by atoms with Crippen LogP contribution >= 0.6 is 0 Å². The van der Waals surface area contributed by atoms with Gasteiger partial charge in [0.05, 0.1) is 6.20 Å². The van der Waals surface area contributed by atoms with Crippen molar-refractivity contribution in [2.75, 3.05) is 26.2 Å². The van der Waals surface area contributed by atoms with Crippen molar-refractivity contribution >= 4 is 38.9 Å². The van der Waals surface area contributed by atoms with Gasteiger partial charge in [-0.2, -0.15) is 5.10 Å². The van der Waals surface area contributed by atoms with Gasteiger partial charge in [0, 0.05) is 49.4 Å². The maximum Gasteiger partial charge on any atom is 0.272 e. The average molecular weight is 623 g/mol. The summed E-state index contributed by atoms with van der Waals surface area (Å²) in [5.41, 5.74) is 9.00. The highest BCUT2D eigenvalue weighted by atomic mass is 16.2. The van der Waals surface area contributed by atoms with Gasteiger partial charge in [0.2, 0.25) is 5.91 Å². The van der Waals surface area contributed by atoms with Crippen LogP contribution in [0.3, 0.4) is 0 Å². The van der Waals surface area contributed by atoms with Gasteiger partial charge in [0.15, 0.2) is 0 Å². The van der Waals surface area contributed by atoms with Crippen molar-refractivity contribution in [3.8, 4) is 0 Å². The Morgan fingerprint density at radius 2 is 1.62 bits per heavy atom. The molecule has 1 aromatic heterocycles. The van der Waals surface area contributed by atoms with Crippen LogP contribution < -0.4 is 5.56 Å². The first-order valence-electron chi connectivity index (χ1n) is 16.4. The van der Waals surface area contributed by atoms with E-state index in [1.807, 2.05) is 40.1 Å². The van der Waals surface area contributed by atoms with E-state index in [0.717, 1.165) is 42.2 Å². The van der Waals surface area contributed by atoms with Crippen LogP contribution in [0.5, 0.6) is 0 Å². The summed E-state index contributed by atoms with van der Waals surface area (Å²) in [5.74, 6) is 0.132. The number of fused-ring (bicyclic) bond motifs is 5. The molecule has 7 heteroatoms. The zero-order valence-corrected chi connectivity index (χ0v) is 26.7. The zero-order valence-electron chi connectivity index (χ0n) is 26.7. The summed E-state index contributed by atoms with van der Waals surface area (Å²) in [6, 6.07) is 26.7. The molecule has 1 fully saturated rings. The molecule has 1 saturated heterocycles. The molecule has 0 spiro atoms. The molecule has 8 rings (SSSR count). The van der Waals surface area contributed by atoms with Crippen molar-refractivity contribution in [2.24, 2.45) is 0 Å². The lowest BCUT2D eigenvalue weighted by atomic mass is 9.78. The molecular weight excluding hydrogens is 584 g/mol. The smallest absolute Gasteiger partial charge is 0.272 e. The summed E-state index contributed by atoms with van der Waals surface area (Å²) in [7, 11) is 0. The normalized spacial score (nSPS) is 15.6. The molecule has 4 aromatic carbocycles. The number of carbonyl (C=O) groups excluding carboxylic acids is 2. The van der Waals surface area contributed by atoms with Crippen molar-refractivity contribution in [2.45, 2.75) is 39.0 Å². The minimum Gasteiger partial charge on any atom is -0.339 e. The Labute approximate surface area is 274 Å². The quantitative estimate of drug-likeness (QED) is 0.243. The Balaban J connectivity index is 0.000000269. The third-order valence-electron chi connectivity index (χ3n) is 9.64. The van der Waals surface area contributed by atoms with Gasteiger partial charge in [-0.3, -0.25) is 14.4 Å². The van der Waals surface area contributed by atoms with Crippen LogP contribution in [0.2, 0.25) is 0 Å². The van der Waals surface area contributed by atoms with E-state index in [0.29, 0.717) is 31.6 Å². The van der Waals surface area contributed by atoms with E-state index in [1.165, 1.54) is 39.5 Å². The van der Waals surface area contributed by atoms with E-state index in [-0.39, 0.29) is 17.4 Å². The average Bonchev–Trinajstić information content (AvgIpc) is 3.12. The van der Waals surface area contributed by atoms with Gasteiger partial charge in [0.25, 0.3) is 11.5 Å². The van der Waals surface area contributed by atoms with E-state index in [2.05, 4.69) is 64.8 Å². The second kappa shape index (κ2) is 13.2. The molecular formula is C40H38N4O3. The Kier molecular flexibility index (Phi) is 8.53. The number of hydrogen-bond acceptors (Lipinski definition) is 4. The van der Waals surface area contributed by atoms with Crippen LogP contribution in [0.25, 0.3) is 27.1 Å². The number of rotatable bonds is 3. The van der Waals surface area contributed by atoms with Gasteiger partial charge < -0.3 is 9.80 Å². The summed E-state index contributed by atoms with van der Waals surface area (Å²) < 4.78 is 0. The number of H-pyrrole nitrogens is 1. The number of amides is 2. The fourth-order valence-corrected chi connectivity index (χ4v) is 7.20. The fourth-order valence-electron chi connectivity index (χ4n) is 7.20. The minimum atomic E-state index is -0.136. The molecule has 2 amide bonds. The number of aromatic amines is 1. The number of nitrogens with zero attached hydrogens (tertiary/aromatic N) is 3. The topological polar surface area (TPSA) is 86.4 Å². The Bertz CT molecular complexity index is 2110. The SMILES string of the molecule is CC(=O)N1CCN(C(=O)c2cccc(Cc3cccc4ccc5c(c34)CCC3=C5C=CCC3)c2)CC1.O=c1[nH]ncc2ccccc12. The van der Waals surface area contributed by atoms with Crippen molar-refractivity contribution in [3.63, 3.8) is 0 Å². The summed E-state index contributed by atoms with van der Waals surface area (Å²) in [6.07, 6.45) is 11.7. The van der Waals surface area contributed by atoms with E-state index < -0.39 is 0 Å². The molecule has 0 saturated carbocycles. The summed E-state index contributed by atoms with van der Waals surface area (Å²) in [5, 5.41) is 10.3. The van der Waals surface area contributed by atoms with E-state index >= 15 is 0 Å². The lowest BCUT2D eigenvalue weighted by molar-refractivity contribution is -0.130. The highest BCUT2D eigenvalue weighted by Crippen LogP contribution is 2.41. The van der Waals surface area contributed by atoms with Gasteiger partial charge in [-0.1, -0.05) is 78.4 Å². The lowest BCUT2D eigenvalue weighted by Gasteiger charge is -2.34. The third kappa shape index (κ3) is 6.26. The van der Waals surface area contributed by atoms with Gasteiger partial charge in [-0.05, 0) is 88.9 Å². The minimum absolute atomic E-state index is 0.0545. The van der Waals surface area contributed by atoms with E-state index in [4.69, 9.17) is 0 Å². The molecule has 0 unspecified atom stereocenters. The van der Waals surface area contributed by atoms with Crippen LogP contribution in [-0.2, 0) is 17.6 Å². The van der Waals surface area contributed by atoms with Gasteiger partial charge in [-0.25, -0.2) is 5.10 Å². The van der Waals surface area contributed by atoms with Gasteiger partial charge in [0.1, 0.15) is 0 Å². The molecule has 47 heavy (non-hydrogen) atoms. The van der Waals surface area contributed by atoms with Crippen molar-refractivity contribution in [3.05, 3.63) is 141 Å². The summed E-state index contributed by atoms with van der Waals surface area (Å²) in [6.45, 7) is 3.98. The number of nitrogens with one attached hydrogen (secondary N) is 1. The standard InChI is InChI=1S/C32H32N2O2.C8H6N2O/c1-22(35)33-16-18-34(19-17-33)32(36)27-10-4-6-23(21-27)20-26-9-5-8-25-13-14-29-28-11-3-2-7-24(28)12-15-30(29)31(25)26;11-8-7-4-2-1-3-6(7)5-9-10-8/h3-6,8-11,13-14,21H,2,7,12,15-20H2,1H3;1-5H,(H,10,11). The molecule has 0 bridgehead atoms. The molecule has 1 N–H and O–H groups in total. The Morgan fingerprint density at radius 3 is 2.45 bits per heavy atom. The van der Waals surface area contributed by atoms with Gasteiger partial charge >= 0.3 is 0 Å². The molecule has 2 aliphatic carbocycles. The van der Waals surface area contributed by atoms with E-state index in [1.54, 1.807) is 24.8 Å². The summed E-state index contributed by atoms with van der Waals surface area (Å²) in [4.78, 5) is 39.6. The second-order valence-electron chi connectivity index (χ2n) is 12.5. The highest BCUT2D eigenvalue weighted by Gasteiger charge is 2.24. The molecule has 3 aliphatic rings. The van der Waals surface area contributed by atoms with Crippen molar-refractivity contribution in [1.29, 1.82) is 0 Å². The molecule has 5 aromatic rings. The first-order valence-corrected chi connectivity index (χ1v) is 16.4.